The van der Waals surface area contributed by atoms with E-state index in [2.05, 4.69) is 37.9 Å². The molecular formula is C14H27IN2. The van der Waals surface area contributed by atoms with Crippen LogP contribution in [0.4, 0.5) is 0 Å². The van der Waals surface area contributed by atoms with Crippen LogP contribution in [0.5, 0.6) is 0 Å². The van der Waals surface area contributed by atoms with Gasteiger partial charge in [0.2, 0.25) is 0 Å². The molecule has 0 N–H and O–H groups in total. The van der Waals surface area contributed by atoms with Gasteiger partial charge in [-0.2, -0.15) is 0 Å². The summed E-state index contributed by atoms with van der Waals surface area (Å²) in [7, 11) is 2.34. The maximum Gasteiger partial charge on any atom is 0.0201 e. The second-order valence-electron chi connectivity index (χ2n) is 5.91. The Hall–Kier alpha value is 0.650. The van der Waals surface area contributed by atoms with Crippen molar-refractivity contribution in [3.8, 4) is 0 Å². The summed E-state index contributed by atoms with van der Waals surface area (Å²) in [4.78, 5) is 2.64. The van der Waals surface area contributed by atoms with Crippen molar-refractivity contribution >= 4 is 22.9 Å². The topological polar surface area (TPSA) is 6.48 Å². The first-order valence-electron chi connectivity index (χ1n) is 7.36. The van der Waals surface area contributed by atoms with Gasteiger partial charge in [0.05, 0.1) is 0 Å². The minimum Gasteiger partial charge on any atom is -0.303 e. The molecule has 0 atom stereocenters. The van der Waals surface area contributed by atoms with Crippen LogP contribution in [0.2, 0.25) is 0 Å². The highest BCUT2D eigenvalue weighted by Gasteiger charge is 2.22. The molecule has 0 radical (unpaired) electrons. The molecule has 0 unspecified atom stereocenters. The Kier molecular flexibility index (Phi) is 6.03. The van der Waals surface area contributed by atoms with E-state index < -0.39 is 0 Å². The van der Waals surface area contributed by atoms with Crippen LogP contribution >= 0.6 is 22.9 Å². The fraction of sp³-hybridized carbons (Fsp3) is 1.00. The normalized spacial score (nSPS) is 25.6. The zero-order valence-electron chi connectivity index (χ0n) is 11.2. The quantitative estimate of drug-likeness (QED) is 0.564. The van der Waals surface area contributed by atoms with Gasteiger partial charge in [-0.1, -0.05) is 32.1 Å². The molecule has 0 aromatic rings. The van der Waals surface area contributed by atoms with E-state index in [1.54, 1.807) is 0 Å². The number of piperidine rings is 1. The van der Waals surface area contributed by atoms with Gasteiger partial charge in [-0.25, -0.2) is 3.11 Å². The van der Waals surface area contributed by atoms with Gasteiger partial charge in [-0.05, 0) is 38.8 Å². The molecule has 2 aliphatic rings. The van der Waals surface area contributed by atoms with Crippen molar-refractivity contribution in [3.05, 3.63) is 0 Å². The third-order valence-electron chi connectivity index (χ3n) is 4.65. The smallest absolute Gasteiger partial charge is 0.0201 e. The number of halogens is 1. The second kappa shape index (κ2) is 7.29. The molecule has 1 heterocycles. The highest BCUT2D eigenvalue weighted by molar-refractivity contribution is 14.1. The van der Waals surface area contributed by atoms with Gasteiger partial charge in [0, 0.05) is 42.0 Å². The molecule has 1 aliphatic heterocycles. The first-order chi connectivity index (χ1) is 8.25. The van der Waals surface area contributed by atoms with E-state index in [9.17, 15) is 0 Å². The molecule has 2 fully saturated rings. The van der Waals surface area contributed by atoms with E-state index in [1.165, 1.54) is 71.0 Å². The molecule has 3 heteroatoms. The van der Waals surface area contributed by atoms with Crippen LogP contribution < -0.4 is 0 Å². The fourth-order valence-corrected chi connectivity index (χ4v) is 3.88. The van der Waals surface area contributed by atoms with Crippen molar-refractivity contribution in [2.45, 2.75) is 57.4 Å². The summed E-state index contributed by atoms with van der Waals surface area (Å²) in [6.45, 7) is 3.88. The molecule has 0 amide bonds. The Bertz CT molecular complexity index is 208. The number of hydrogen-bond donors (Lipinski definition) is 0. The van der Waals surface area contributed by atoms with Crippen LogP contribution in [0.25, 0.3) is 0 Å². The minimum atomic E-state index is 0.851. The summed E-state index contributed by atoms with van der Waals surface area (Å²) < 4.78 is 2.43. The van der Waals surface area contributed by atoms with Crippen LogP contribution in [-0.2, 0) is 0 Å². The van der Waals surface area contributed by atoms with Gasteiger partial charge in [-0.3, -0.25) is 0 Å². The summed E-state index contributed by atoms with van der Waals surface area (Å²) >= 11 is 2.46. The maximum atomic E-state index is 2.64. The molecule has 0 spiro atoms. The third-order valence-corrected chi connectivity index (χ3v) is 5.61. The van der Waals surface area contributed by atoms with Gasteiger partial charge >= 0.3 is 0 Å². The van der Waals surface area contributed by atoms with Crippen molar-refractivity contribution < 1.29 is 0 Å². The summed E-state index contributed by atoms with van der Waals surface area (Å²) in [5.41, 5.74) is 0. The van der Waals surface area contributed by atoms with Gasteiger partial charge in [-0.15, -0.1) is 0 Å². The maximum absolute atomic E-state index is 2.64. The highest BCUT2D eigenvalue weighted by Crippen LogP contribution is 2.27. The first kappa shape index (κ1) is 14.1. The first-order valence-corrected chi connectivity index (χ1v) is 8.33. The third kappa shape index (κ3) is 4.67. The van der Waals surface area contributed by atoms with Gasteiger partial charge in [0.1, 0.15) is 0 Å². The molecule has 1 saturated heterocycles. The van der Waals surface area contributed by atoms with Crippen molar-refractivity contribution in [1.82, 2.24) is 8.01 Å². The van der Waals surface area contributed by atoms with Crippen LogP contribution in [-0.4, -0.2) is 40.7 Å². The Morgan fingerprint density at radius 3 is 2.35 bits per heavy atom. The van der Waals surface area contributed by atoms with E-state index in [0.29, 0.717) is 0 Å². The largest absolute Gasteiger partial charge is 0.303 e. The number of rotatable bonds is 4. The zero-order chi connectivity index (χ0) is 12.1. The lowest BCUT2D eigenvalue weighted by atomic mass is 9.87. The summed E-state index contributed by atoms with van der Waals surface area (Å²) in [6.07, 6.45) is 11.6. The van der Waals surface area contributed by atoms with Crippen LogP contribution in [0.15, 0.2) is 0 Å². The van der Waals surface area contributed by atoms with E-state index in [-0.39, 0.29) is 0 Å². The molecule has 17 heavy (non-hydrogen) atoms. The minimum absolute atomic E-state index is 0.851. The predicted molar refractivity (Wildman–Crippen MR) is 82.4 cm³/mol. The Morgan fingerprint density at radius 1 is 1.06 bits per heavy atom. The lowest BCUT2D eigenvalue weighted by Crippen LogP contribution is -2.40. The van der Waals surface area contributed by atoms with E-state index in [0.717, 1.165) is 12.0 Å². The van der Waals surface area contributed by atoms with Crippen LogP contribution in [0.1, 0.15) is 51.4 Å². The summed E-state index contributed by atoms with van der Waals surface area (Å²) in [5, 5.41) is 0. The fourth-order valence-electron chi connectivity index (χ4n) is 3.32. The number of nitrogens with zero attached hydrogens (tertiary/aromatic N) is 2. The van der Waals surface area contributed by atoms with Crippen molar-refractivity contribution in [3.63, 3.8) is 0 Å². The molecule has 2 rings (SSSR count). The molecule has 100 valence electrons. The van der Waals surface area contributed by atoms with Gasteiger partial charge in [0.25, 0.3) is 0 Å². The molecule has 0 bridgehead atoms. The van der Waals surface area contributed by atoms with E-state index >= 15 is 0 Å². The standard InChI is InChI=1S/C14H27IN2/c1-16(14-8-11-17(15)12-9-14)10-7-13-5-3-2-4-6-13/h13-14H,2-12H2,1H3. The Morgan fingerprint density at radius 2 is 1.71 bits per heavy atom. The summed E-state index contributed by atoms with van der Waals surface area (Å²) in [5.74, 6) is 1.04. The monoisotopic (exact) mass is 350 g/mol. The molecular weight excluding hydrogens is 323 g/mol. The average Bonchev–Trinajstić information content (AvgIpc) is 2.38. The van der Waals surface area contributed by atoms with Crippen molar-refractivity contribution in [1.29, 1.82) is 0 Å². The highest BCUT2D eigenvalue weighted by atomic mass is 127. The Balaban J connectivity index is 1.64. The van der Waals surface area contributed by atoms with Crippen LogP contribution in [0.3, 0.4) is 0 Å². The summed E-state index contributed by atoms with van der Waals surface area (Å²) in [6, 6.07) is 0.851. The van der Waals surface area contributed by atoms with Crippen molar-refractivity contribution in [2.24, 2.45) is 5.92 Å². The Labute approximate surface area is 121 Å². The number of hydrogen-bond acceptors (Lipinski definition) is 2. The second-order valence-corrected chi connectivity index (χ2v) is 7.28. The predicted octanol–water partition coefficient (Wildman–Crippen LogP) is 3.70. The van der Waals surface area contributed by atoms with Crippen molar-refractivity contribution in [2.75, 3.05) is 26.7 Å². The average molecular weight is 350 g/mol. The lowest BCUT2D eigenvalue weighted by Gasteiger charge is -2.35. The van der Waals surface area contributed by atoms with Gasteiger partial charge in [0.15, 0.2) is 0 Å². The van der Waals surface area contributed by atoms with Crippen LogP contribution in [0, 0.1) is 5.92 Å². The van der Waals surface area contributed by atoms with E-state index in [4.69, 9.17) is 0 Å². The van der Waals surface area contributed by atoms with E-state index in [1.807, 2.05) is 0 Å². The van der Waals surface area contributed by atoms with Gasteiger partial charge < -0.3 is 4.90 Å². The molecule has 0 aromatic carbocycles. The molecule has 2 nitrogen and oxygen atoms in total. The lowest BCUT2D eigenvalue weighted by molar-refractivity contribution is 0.163. The molecule has 0 aromatic heterocycles. The SMILES string of the molecule is CN(CCC1CCCCC1)C1CCN(I)CC1. The molecule has 1 aliphatic carbocycles. The zero-order valence-corrected chi connectivity index (χ0v) is 13.4. The molecule has 1 saturated carbocycles.